The van der Waals surface area contributed by atoms with E-state index in [1.54, 1.807) is 12.1 Å². The summed E-state index contributed by atoms with van der Waals surface area (Å²) in [6.45, 7) is 2.15. The highest BCUT2D eigenvalue weighted by Crippen LogP contribution is 2.35. The van der Waals surface area contributed by atoms with Crippen LogP contribution in [-0.2, 0) is 9.59 Å². The Labute approximate surface area is 160 Å². The van der Waals surface area contributed by atoms with Gasteiger partial charge >= 0.3 is 0 Å². The highest BCUT2D eigenvalue weighted by Gasteiger charge is 2.38. The van der Waals surface area contributed by atoms with Crippen molar-refractivity contribution in [1.29, 1.82) is 0 Å². The maximum absolute atomic E-state index is 13.8. The van der Waals surface area contributed by atoms with Crippen molar-refractivity contribution in [2.45, 2.75) is 57.4 Å². The Kier molecular flexibility index (Phi) is 5.46. The zero-order valence-corrected chi connectivity index (χ0v) is 15.9. The molecule has 146 valence electrons. The Hall–Kier alpha value is -1.91. The van der Waals surface area contributed by atoms with Crippen LogP contribution in [0, 0.1) is 17.7 Å². The fourth-order valence-electron chi connectivity index (χ4n) is 4.60. The molecule has 3 aliphatic rings. The molecule has 0 spiro atoms. The zero-order chi connectivity index (χ0) is 18.8. The number of amides is 2. The summed E-state index contributed by atoms with van der Waals surface area (Å²) in [5, 5.41) is 0. The van der Waals surface area contributed by atoms with Crippen LogP contribution in [0.4, 0.5) is 4.39 Å². The maximum Gasteiger partial charge on any atom is 0.226 e. The zero-order valence-electron chi connectivity index (χ0n) is 15.9. The smallest absolute Gasteiger partial charge is 0.226 e. The lowest BCUT2D eigenvalue weighted by Gasteiger charge is -2.37. The van der Waals surface area contributed by atoms with Gasteiger partial charge in [0.1, 0.15) is 5.82 Å². The van der Waals surface area contributed by atoms with Gasteiger partial charge in [0.2, 0.25) is 11.8 Å². The second kappa shape index (κ2) is 7.99. The Balaban J connectivity index is 1.44. The number of halogens is 1. The molecule has 1 atom stereocenters. The summed E-state index contributed by atoms with van der Waals surface area (Å²) in [5.41, 5.74) is 0.909. The predicted octanol–water partition coefficient (Wildman–Crippen LogP) is 3.92. The number of piperidine rings is 1. The molecule has 0 N–H and O–H groups in total. The molecule has 1 aromatic rings. The lowest BCUT2D eigenvalue weighted by Crippen LogP contribution is -2.45. The quantitative estimate of drug-likeness (QED) is 0.807. The van der Waals surface area contributed by atoms with Crippen LogP contribution in [-0.4, -0.2) is 41.2 Å². The van der Waals surface area contributed by atoms with E-state index >= 15 is 0 Å². The first-order valence-corrected chi connectivity index (χ1v) is 10.5. The summed E-state index contributed by atoms with van der Waals surface area (Å²) in [5.74, 6) is 0.483. The van der Waals surface area contributed by atoms with E-state index in [2.05, 4.69) is 0 Å². The normalized spacial score (nSPS) is 24.6. The van der Waals surface area contributed by atoms with Gasteiger partial charge in [-0.3, -0.25) is 9.59 Å². The van der Waals surface area contributed by atoms with Gasteiger partial charge in [0, 0.05) is 31.5 Å². The molecule has 2 aliphatic heterocycles. The SMILES string of the molecule is O=C(C1CC1)N1CCC(C(=O)N2CCCCC[C@H]2c2cccc(F)c2)CC1. The number of hydrogen-bond acceptors (Lipinski definition) is 2. The Bertz CT molecular complexity index is 695. The van der Waals surface area contributed by atoms with Crippen LogP contribution in [0.3, 0.4) is 0 Å². The number of hydrogen-bond donors (Lipinski definition) is 0. The van der Waals surface area contributed by atoms with E-state index in [9.17, 15) is 14.0 Å². The minimum atomic E-state index is -0.240. The number of carbonyl (C=O) groups is 2. The predicted molar refractivity (Wildman–Crippen MR) is 101 cm³/mol. The molecule has 1 aliphatic carbocycles. The molecule has 0 radical (unpaired) electrons. The molecule has 2 amide bonds. The van der Waals surface area contributed by atoms with Crippen LogP contribution in [0.15, 0.2) is 24.3 Å². The molecule has 5 heteroatoms. The van der Waals surface area contributed by atoms with Crippen molar-refractivity contribution in [3.8, 4) is 0 Å². The highest BCUT2D eigenvalue weighted by molar-refractivity contribution is 5.82. The summed E-state index contributed by atoms with van der Waals surface area (Å²) in [7, 11) is 0. The van der Waals surface area contributed by atoms with Crippen LogP contribution in [0.1, 0.15) is 63.0 Å². The second-order valence-corrected chi connectivity index (χ2v) is 8.33. The third-order valence-corrected chi connectivity index (χ3v) is 6.35. The number of rotatable bonds is 3. The van der Waals surface area contributed by atoms with Crippen LogP contribution in [0.5, 0.6) is 0 Å². The molecule has 27 heavy (non-hydrogen) atoms. The summed E-state index contributed by atoms with van der Waals surface area (Å²) in [6, 6.07) is 6.68. The van der Waals surface area contributed by atoms with Crippen LogP contribution in [0.25, 0.3) is 0 Å². The molecule has 4 rings (SSSR count). The van der Waals surface area contributed by atoms with Gasteiger partial charge < -0.3 is 9.80 Å². The van der Waals surface area contributed by atoms with Gasteiger partial charge in [0.15, 0.2) is 0 Å². The number of benzene rings is 1. The van der Waals surface area contributed by atoms with Crippen molar-refractivity contribution >= 4 is 11.8 Å². The first kappa shape index (κ1) is 18.5. The van der Waals surface area contributed by atoms with E-state index in [0.717, 1.165) is 63.5 Å². The van der Waals surface area contributed by atoms with Crippen LogP contribution >= 0.6 is 0 Å². The van der Waals surface area contributed by atoms with Gasteiger partial charge in [0.05, 0.1) is 6.04 Å². The van der Waals surface area contributed by atoms with Crippen molar-refractivity contribution in [3.63, 3.8) is 0 Å². The van der Waals surface area contributed by atoms with Gasteiger partial charge in [0.25, 0.3) is 0 Å². The molecular formula is C22H29FN2O2. The molecule has 2 heterocycles. The number of carbonyl (C=O) groups excluding carboxylic acids is 2. The van der Waals surface area contributed by atoms with Gasteiger partial charge in [-0.2, -0.15) is 0 Å². The molecule has 4 nitrogen and oxygen atoms in total. The van der Waals surface area contributed by atoms with E-state index < -0.39 is 0 Å². The fraction of sp³-hybridized carbons (Fsp3) is 0.636. The van der Waals surface area contributed by atoms with Crippen molar-refractivity contribution in [2.75, 3.05) is 19.6 Å². The molecule has 3 fully saturated rings. The molecular weight excluding hydrogens is 343 g/mol. The van der Waals surface area contributed by atoms with E-state index in [0.29, 0.717) is 13.1 Å². The van der Waals surface area contributed by atoms with E-state index in [1.807, 2.05) is 15.9 Å². The van der Waals surface area contributed by atoms with Gasteiger partial charge in [-0.25, -0.2) is 4.39 Å². The van der Waals surface area contributed by atoms with E-state index in [1.165, 1.54) is 6.07 Å². The summed E-state index contributed by atoms with van der Waals surface area (Å²) < 4.78 is 13.8. The van der Waals surface area contributed by atoms with Crippen molar-refractivity contribution < 1.29 is 14.0 Å². The molecule has 0 unspecified atom stereocenters. The van der Waals surface area contributed by atoms with E-state index in [-0.39, 0.29) is 35.5 Å². The van der Waals surface area contributed by atoms with Gasteiger partial charge in [-0.15, -0.1) is 0 Å². The molecule has 1 aromatic carbocycles. The van der Waals surface area contributed by atoms with Crippen LogP contribution < -0.4 is 0 Å². The van der Waals surface area contributed by atoms with Gasteiger partial charge in [-0.05, 0) is 56.2 Å². The first-order chi connectivity index (χ1) is 13.1. The van der Waals surface area contributed by atoms with Crippen molar-refractivity contribution in [3.05, 3.63) is 35.6 Å². The van der Waals surface area contributed by atoms with Gasteiger partial charge in [-0.1, -0.05) is 25.0 Å². The topological polar surface area (TPSA) is 40.6 Å². The number of likely N-dealkylation sites (tertiary alicyclic amines) is 2. The Morgan fingerprint density at radius 3 is 2.30 bits per heavy atom. The molecule has 1 saturated carbocycles. The fourth-order valence-corrected chi connectivity index (χ4v) is 4.60. The summed E-state index contributed by atoms with van der Waals surface area (Å²) in [4.78, 5) is 29.5. The third-order valence-electron chi connectivity index (χ3n) is 6.35. The van der Waals surface area contributed by atoms with Crippen molar-refractivity contribution in [1.82, 2.24) is 9.80 Å². The standard InChI is InChI=1S/C22H29FN2O2/c23-19-6-4-5-18(15-19)20-7-2-1-3-12-25(20)22(27)17-10-13-24(14-11-17)21(26)16-8-9-16/h4-6,15-17,20H,1-3,7-14H2/t20-/m0/s1. The minimum absolute atomic E-state index is 0.0117. The average Bonchev–Trinajstić information content (AvgIpc) is 3.53. The molecule has 0 aromatic heterocycles. The Morgan fingerprint density at radius 1 is 0.852 bits per heavy atom. The minimum Gasteiger partial charge on any atom is -0.342 e. The number of nitrogens with zero attached hydrogens (tertiary/aromatic N) is 2. The van der Waals surface area contributed by atoms with E-state index in [4.69, 9.17) is 0 Å². The molecule has 0 bridgehead atoms. The largest absolute Gasteiger partial charge is 0.342 e. The lowest BCUT2D eigenvalue weighted by molar-refractivity contribution is -0.143. The first-order valence-electron chi connectivity index (χ1n) is 10.5. The summed E-state index contributed by atoms with van der Waals surface area (Å²) in [6.07, 6.45) is 7.66. The highest BCUT2D eigenvalue weighted by atomic mass is 19.1. The Morgan fingerprint density at radius 2 is 1.59 bits per heavy atom. The second-order valence-electron chi connectivity index (χ2n) is 8.33. The molecule has 2 saturated heterocycles. The maximum atomic E-state index is 13.8. The van der Waals surface area contributed by atoms with Crippen LogP contribution in [0.2, 0.25) is 0 Å². The lowest BCUT2D eigenvalue weighted by atomic mass is 9.93. The monoisotopic (exact) mass is 372 g/mol. The third kappa shape index (κ3) is 4.17. The summed E-state index contributed by atoms with van der Waals surface area (Å²) >= 11 is 0. The van der Waals surface area contributed by atoms with Crippen molar-refractivity contribution in [2.24, 2.45) is 11.8 Å². The average molecular weight is 372 g/mol.